The minimum Gasteiger partial charge on any atom is -0.361 e. The third-order valence-corrected chi connectivity index (χ3v) is 3.35. The maximum Gasteiger partial charge on any atom is 0.133 e. The largest absolute Gasteiger partial charge is 0.361 e. The fraction of sp³-hybridized carbons (Fsp3) is 0.769. The normalized spacial score (nSPS) is 20.6. The van der Waals surface area contributed by atoms with E-state index in [0.717, 1.165) is 30.5 Å². The summed E-state index contributed by atoms with van der Waals surface area (Å²) in [6.07, 6.45) is 5.33. The van der Waals surface area contributed by atoms with Crippen LogP contribution in [-0.2, 0) is 6.54 Å². The van der Waals surface area contributed by atoms with Crippen molar-refractivity contribution in [2.24, 2.45) is 5.92 Å². The van der Waals surface area contributed by atoms with Gasteiger partial charge in [-0.25, -0.2) is 0 Å². The summed E-state index contributed by atoms with van der Waals surface area (Å²) in [6.45, 7) is 6.23. The van der Waals surface area contributed by atoms with E-state index in [9.17, 15) is 0 Å². The molecule has 1 fully saturated rings. The number of aromatic nitrogens is 1. The number of hydrogen-bond donors (Lipinski definition) is 2. The summed E-state index contributed by atoms with van der Waals surface area (Å²) in [5, 5.41) is 10.8. The topological polar surface area (TPSA) is 50.1 Å². The average Bonchev–Trinajstić information content (AvgIpc) is 2.76. The van der Waals surface area contributed by atoms with Gasteiger partial charge in [-0.1, -0.05) is 5.16 Å². The highest BCUT2D eigenvalue weighted by Crippen LogP contribution is 2.15. The lowest BCUT2D eigenvalue weighted by Gasteiger charge is -2.22. The third-order valence-electron chi connectivity index (χ3n) is 3.35. The average molecular weight is 237 g/mol. The van der Waals surface area contributed by atoms with E-state index in [-0.39, 0.29) is 0 Å². The fourth-order valence-corrected chi connectivity index (χ4v) is 2.40. The summed E-state index contributed by atoms with van der Waals surface area (Å²) in [5.74, 6) is 1.77. The van der Waals surface area contributed by atoms with Crippen LogP contribution in [0.3, 0.4) is 0 Å². The number of piperidine rings is 1. The Morgan fingerprint density at radius 2 is 2.53 bits per heavy atom. The van der Waals surface area contributed by atoms with Crippen LogP contribution in [0.25, 0.3) is 0 Å². The van der Waals surface area contributed by atoms with Gasteiger partial charge in [0.1, 0.15) is 5.76 Å². The van der Waals surface area contributed by atoms with Crippen molar-refractivity contribution in [3.8, 4) is 0 Å². The lowest BCUT2D eigenvalue weighted by atomic mass is 9.95. The number of nitrogens with zero attached hydrogens (tertiary/aromatic N) is 1. The molecule has 2 heterocycles. The molecule has 0 bridgehead atoms. The Bertz CT molecular complexity index is 318. The molecule has 0 radical (unpaired) electrons. The monoisotopic (exact) mass is 237 g/mol. The molecular formula is C13H23N3O. The van der Waals surface area contributed by atoms with Crippen molar-refractivity contribution in [1.82, 2.24) is 15.8 Å². The van der Waals surface area contributed by atoms with Gasteiger partial charge in [-0.15, -0.1) is 0 Å². The molecule has 4 nitrogen and oxygen atoms in total. The minimum absolute atomic E-state index is 0.820. The van der Waals surface area contributed by atoms with Crippen LogP contribution >= 0.6 is 0 Å². The van der Waals surface area contributed by atoms with Crippen LogP contribution in [0, 0.1) is 12.8 Å². The molecule has 0 aliphatic carbocycles. The molecule has 0 spiro atoms. The second-order valence-corrected chi connectivity index (χ2v) is 4.96. The second kappa shape index (κ2) is 6.77. The van der Waals surface area contributed by atoms with Crippen LogP contribution in [0.2, 0.25) is 0 Å². The maximum atomic E-state index is 5.02. The lowest BCUT2D eigenvalue weighted by molar-refractivity contribution is 0.347. The molecule has 0 amide bonds. The summed E-state index contributed by atoms with van der Waals surface area (Å²) in [4.78, 5) is 0. The minimum atomic E-state index is 0.820. The maximum absolute atomic E-state index is 5.02. The van der Waals surface area contributed by atoms with E-state index in [1.54, 1.807) is 0 Å². The second-order valence-electron chi connectivity index (χ2n) is 4.96. The Hall–Kier alpha value is -0.870. The zero-order valence-electron chi connectivity index (χ0n) is 10.7. The van der Waals surface area contributed by atoms with E-state index in [2.05, 4.69) is 15.8 Å². The van der Waals surface area contributed by atoms with Gasteiger partial charge < -0.3 is 15.2 Å². The first-order chi connectivity index (χ1) is 8.34. The molecule has 17 heavy (non-hydrogen) atoms. The van der Waals surface area contributed by atoms with Gasteiger partial charge in [-0.2, -0.15) is 0 Å². The van der Waals surface area contributed by atoms with Crippen LogP contribution in [0.5, 0.6) is 0 Å². The molecule has 4 heteroatoms. The van der Waals surface area contributed by atoms with Crippen LogP contribution < -0.4 is 10.6 Å². The van der Waals surface area contributed by atoms with E-state index in [1.165, 1.54) is 38.8 Å². The van der Waals surface area contributed by atoms with Crippen molar-refractivity contribution < 1.29 is 4.52 Å². The smallest absolute Gasteiger partial charge is 0.133 e. The van der Waals surface area contributed by atoms with Crippen LogP contribution in [0.1, 0.15) is 37.1 Å². The zero-order chi connectivity index (χ0) is 11.9. The zero-order valence-corrected chi connectivity index (χ0v) is 10.7. The first-order valence-electron chi connectivity index (χ1n) is 6.68. The highest BCUT2D eigenvalue weighted by Gasteiger charge is 2.11. The van der Waals surface area contributed by atoms with Crippen molar-refractivity contribution >= 4 is 0 Å². The first-order valence-corrected chi connectivity index (χ1v) is 6.68. The fourth-order valence-electron chi connectivity index (χ4n) is 2.40. The van der Waals surface area contributed by atoms with Crippen molar-refractivity contribution in [3.05, 3.63) is 17.5 Å². The highest BCUT2D eigenvalue weighted by molar-refractivity contribution is 5.02. The molecule has 0 aromatic carbocycles. The van der Waals surface area contributed by atoms with Gasteiger partial charge >= 0.3 is 0 Å². The number of nitrogens with one attached hydrogen (secondary N) is 2. The van der Waals surface area contributed by atoms with Gasteiger partial charge in [0.15, 0.2) is 0 Å². The quantitative estimate of drug-likeness (QED) is 0.741. The summed E-state index contributed by atoms with van der Waals surface area (Å²) in [6, 6.07) is 1.98. The van der Waals surface area contributed by atoms with Gasteiger partial charge in [-0.05, 0) is 58.2 Å². The summed E-state index contributed by atoms with van der Waals surface area (Å²) in [5.41, 5.74) is 1.00. The van der Waals surface area contributed by atoms with E-state index in [1.807, 2.05) is 13.0 Å². The lowest BCUT2D eigenvalue weighted by Crippen LogP contribution is -2.30. The predicted octanol–water partition coefficient (Wildman–Crippen LogP) is 1.85. The Morgan fingerprint density at radius 3 is 3.24 bits per heavy atom. The Morgan fingerprint density at radius 1 is 1.59 bits per heavy atom. The Kier molecular flexibility index (Phi) is 5.01. The summed E-state index contributed by atoms with van der Waals surface area (Å²) >= 11 is 0. The summed E-state index contributed by atoms with van der Waals surface area (Å²) < 4.78 is 5.02. The third kappa shape index (κ3) is 4.48. The molecule has 1 aromatic heterocycles. The molecule has 1 unspecified atom stereocenters. The van der Waals surface area contributed by atoms with Gasteiger partial charge in [0.25, 0.3) is 0 Å². The molecule has 1 aliphatic rings. The molecule has 2 N–H and O–H groups in total. The highest BCUT2D eigenvalue weighted by atomic mass is 16.5. The molecule has 1 atom stereocenters. The van der Waals surface area contributed by atoms with Crippen molar-refractivity contribution in [1.29, 1.82) is 0 Å². The predicted molar refractivity (Wildman–Crippen MR) is 67.8 cm³/mol. The Labute approximate surface area is 103 Å². The van der Waals surface area contributed by atoms with Gasteiger partial charge in [0, 0.05) is 12.6 Å². The van der Waals surface area contributed by atoms with Crippen LogP contribution in [0.4, 0.5) is 0 Å². The van der Waals surface area contributed by atoms with Crippen molar-refractivity contribution in [3.63, 3.8) is 0 Å². The van der Waals surface area contributed by atoms with E-state index in [0.29, 0.717) is 0 Å². The van der Waals surface area contributed by atoms with Gasteiger partial charge in [0.05, 0.1) is 5.69 Å². The first kappa shape index (κ1) is 12.6. The Balaban J connectivity index is 1.51. The van der Waals surface area contributed by atoms with Crippen LogP contribution in [-0.4, -0.2) is 24.8 Å². The van der Waals surface area contributed by atoms with E-state index in [4.69, 9.17) is 4.52 Å². The molecule has 2 rings (SSSR count). The van der Waals surface area contributed by atoms with E-state index >= 15 is 0 Å². The molecule has 1 aliphatic heterocycles. The van der Waals surface area contributed by atoms with Gasteiger partial charge in [-0.3, -0.25) is 0 Å². The molecule has 96 valence electrons. The SMILES string of the molecule is Cc1cc(CNCCCC2CCCNC2)no1. The van der Waals surface area contributed by atoms with Gasteiger partial charge in [0.2, 0.25) is 0 Å². The molecule has 1 aromatic rings. The van der Waals surface area contributed by atoms with Crippen molar-refractivity contribution in [2.45, 2.75) is 39.2 Å². The number of aryl methyl sites for hydroxylation is 1. The van der Waals surface area contributed by atoms with E-state index < -0.39 is 0 Å². The standard InChI is InChI=1S/C13H23N3O/c1-11-8-13(16-17-11)10-15-7-3-5-12-4-2-6-14-9-12/h8,12,14-15H,2-7,9-10H2,1H3. The number of hydrogen-bond acceptors (Lipinski definition) is 4. The number of rotatable bonds is 6. The molecule has 0 saturated carbocycles. The van der Waals surface area contributed by atoms with Crippen molar-refractivity contribution in [2.75, 3.05) is 19.6 Å². The van der Waals surface area contributed by atoms with Crippen LogP contribution in [0.15, 0.2) is 10.6 Å². The molecular weight excluding hydrogens is 214 g/mol. The molecule has 1 saturated heterocycles. The summed E-state index contributed by atoms with van der Waals surface area (Å²) in [7, 11) is 0.